The molecule has 2 rings (SSSR count). The zero-order chi connectivity index (χ0) is 6.97. The number of carbonyl (C=O) groups is 1. The zero-order valence-corrected chi connectivity index (χ0v) is 5.79. The lowest BCUT2D eigenvalue weighted by molar-refractivity contribution is -0.118. The highest BCUT2D eigenvalue weighted by atomic mass is 16.1. The van der Waals surface area contributed by atoms with E-state index < -0.39 is 0 Å². The highest BCUT2D eigenvalue weighted by Gasteiger charge is 2.29. The lowest BCUT2D eigenvalue weighted by atomic mass is 9.85. The Morgan fingerprint density at radius 1 is 1.30 bits per heavy atom. The van der Waals surface area contributed by atoms with Crippen molar-refractivity contribution in [3.05, 3.63) is 24.3 Å². The first kappa shape index (κ1) is 5.90. The first-order valence-corrected chi connectivity index (χ1v) is 3.75. The van der Waals surface area contributed by atoms with Crippen molar-refractivity contribution in [2.24, 2.45) is 11.8 Å². The van der Waals surface area contributed by atoms with E-state index in [9.17, 15) is 4.79 Å². The van der Waals surface area contributed by atoms with Crippen molar-refractivity contribution >= 4 is 5.78 Å². The summed E-state index contributed by atoms with van der Waals surface area (Å²) in [4.78, 5) is 11.1. The summed E-state index contributed by atoms with van der Waals surface area (Å²) in [5.74, 6) is 1.15. The molecule has 1 nitrogen and oxygen atoms in total. The molecule has 0 aromatic carbocycles. The van der Waals surface area contributed by atoms with Gasteiger partial charge in [0.2, 0.25) is 0 Å². The van der Waals surface area contributed by atoms with E-state index in [2.05, 4.69) is 18.2 Å². The predicted octanol–water partition coefficient (Wildman–Crippen LogP) is 1.71. The molecule has 2 atom stereocenters. The number of hydrogen-bond donors (Lipinski definition) is 0. The van der Waals surface area contributed by atoms with E-state index in [4.69, 9.17) is 0 Å². The van der Waals surface area contributed by atoms with Crippen LogP contribution in [0.1, 0.15) is 12.8 Å². The summed E-state index contributed by atoms with van der Waals surface area (Å²) in [6, 6.07) is 0. The Kier molecular flexibility index (Phi) is 1.23. The number of rotatable bonds is 0. The molecule has 0 radical (unpaired) electrons. The maximum atomic E-state index is 11.1. The second-order valence-corrected chi connectivity index (χ2v) is 2.97. The summed E-state index contributed by atoms with van der Waals surface area (Å²) in [6.45, 7) is 0. The fourth-order valence-corrected chi connectivity index (χ4v) is 1.72. The maximum absolute atomic E-state index is 11.1. The molecule has 0 saturated carbocycles. The first-order chi connectivity index (χ1) is 4.88. The van der Waals surface area contributed by atoms with Crippen molar-refractivity contribution < 1.29 is 4.79 Å². The van der Waals surface area contributed by atoms with Gasteiger partial charge in [0.1, 0.15) is 0 Å². The van der Waals surface area contributed by atoms with Crippen molar-refractivity contribution in [2.45, 2.75) is 12.8 Å². The van der Waals surface area contributed by atoms with Crippen LogP contribution in [0.5, 0.6) is 0 Å². The van der Waals surface area contributed by atoms with Crippen LogP contribution < -0.4 is 0 Å². The highest BCUT2D eigenvalue weighted by Crippen LogP contribution is 2.31. The quantitative estimate of drug-likeness (QED) is 0.461. The van der Waals surface area contributed by atoms with Gasteiger partial charge in [-0.1, -0.05) is 18.2 Å². The Labute approximate surface area is 60.4 Å². The first-order valence-electron chi connectivity index (χ1n) is 3.75. The van der Waals surface area contributed by atoms with Crippen molar-refractivity contribution in [3.63, 3.8) is 0 Å². The molecule has 0 heterocycles. The number of carbonyl (C=O) groups excluding carboxylic acids is 1. The summed E-state index contributed by atoms with van der Waals surface area (Å²) in [6.07, 6.45) is 10.1. The second-order valence-electron chi connectivity index (χ2n) is 2.97. The van der Waals surface area contributed by atoms with Gasteiger partial charge in [0.05, 0.1) is 0 Å². The zero-order valence-electron chi connectivity index (χ0n) is 5.79. The van der Waals surface area contributed by atoms with E-state index in [0.717, 1.165) is 12.8 Å². The van der Waals surface area contributed by atoms with Crippen LogP contribution in [0.3, 0.4) is 0 Å². The van der Waals surface area contributed by atoms with Crippen LogP contribution in [0.4, 0.5) is 0 Å². The van der Waals surface area contributed by atoms with Gasteiger partial charge in [-0.3, -0.25) is 4.79 Å². The van der Waals surface area contributed by atoms with E-state index >= 15 is 0 Å². The lowest BCUT2D eigenvalue weighted by Crippen LogP contribution is -2.16. The van der Waals surface area contributed by atoms with Crippen LogP contribution in [0.25, 0.3) is 0 Å². The summed E-state index contributed by atoms with van der Waals surface area (Å²) in [5.41, 5.74) is 0. The molecule has 0 N–H and O–H groups in total. The van der Waals surface area contributed by atoms with Gasteiger partial charge in [-0.05, 0) is 24.8 Å². The molecule has 0 bridgehead atoms. The molecule has 0 aromatic heterocycles. The topological polar surface area (TPSA) is 17.1 Å². The lowest BCUT2D eigenvalue weighted by Gasteiger charge is -2.18. The van der Waals surface area contributed by atoms with Crippen LogP contribution in [-0.2, 0) is 4.79 Å². The Morgan fingerprint density at radius 3 is 2.90 bits per heavy atom. The van der Waals surface area contributed by atoms with Gasteiger partial charge in [0.25, 0.3) is 0 Å². The minimum atomic E-state index is 0.296. The van der Waals surface area contributed by atoms with Gasteiger partial charge in [0, 0.05) is 5.92 Å². The maximum Gasteiger partial charge on any atom is 0.159 e. The molecular weight excluding hydrogens is 124 g/mol. The Bertz CT molecular complexity index is 213. The Hall–Kier alpha value is -0.850. The van der Waals surface area contributed by atoms with Crippen LogP contribution in [0.2, 0.25) is 0 Å². The van der Waals surface area contributed by atoms with Gasteiger partial charge in [0.15, 0.2) is 5.78 Å². The number of allylic oxidation sites excluding steroid dienone is 4. The van der Waals surface area contributed by atoms with Crippen molar-refractivity contribution in [1.82, 2.24) is 0 Å². The normalized spacial score (nSPS) is 36.6. The monoisotopic (exact) mass is 134 g/mol. The molecule has 52 valence electrons. The minimum absolute atomic E-state index is 0.296. The van der Waals surface area contributed by atoms with Crippen LogP contribution >= 0.6 is 0 Å². The van der Waals surface area contributed by atoms with Gasteiger partial charge < -0.3 is 0 Å². The summed E-state index contributed by atoms with van der Waals surface area (Å²) in [7, 11) is 0. The molecule has 0 unspecified atom stereocenters. The largest absolute Gasteiger partial charge is 0.295 e. The van der Waals surface area contributed by atoms with Gasteiger partial charge in [-0.25, -0.2) is 0 Å². The molecule has 2 aliphatic carbocycles. The van der Waals surface area contributed by atoms with E-state index in [-0.39, 0.29) is 0 Å². The molecule has 0 spiro atoms. The number of ketones is 1. The van der Waals surface area contributed by atoms with Crippen molar-refractivity contribution in [3.8, 4) is 0 Å². The molecule has 0 aliphatic heterocycles. The van der Waals surface area contributed by atoms with Crippen LogP contribution in [0.15, 0.2) is 24.3 Å². The van der Waals surface area contributed by atoms with Crippen LogP contribution in [0, 0.1) is 11.8 Å². The fourth-order valence-electron chi connectivity index (χ4n) is 1.72. The van der Waals surface area contributed by atoms with Gasteiger partial charge >= 0.3 is 0 Å². The molecule has 0 fully saturated rings. The smallest absolute Gasteiger partial charge is 0.159 e. The number of hydrogen-bond acceptors (Lipinski definition) is 1. The standard InChI is InChI=1S/C9H10O/c10-9-6-5-7-3-1-2-4-8(7)9/h1-2,5-8H,3-4H2/t7-,8+/m1/s1. The SMILES string of the molecule is O=C1C=C[C@H]2CC=CC[C@H]12. The van der Waals surface area contributed by atoms with E-state index in [1.165, 1.54) is 0 Å². The van der Waals surface area contributed by atoms with Gasteiger partial charge in [-0.2, -0.15) is 0 Å². The Morgan fingerprint density at radius 2 is 2.10 bits per heavy atom. The minimum Gasteiger partial charge on any atom is -0.295 e. The predicted molar refractivity (Wildman–Crippen MR) is 39.5 cm³/mol. The fraction of sp³-hybridized carbons (Fsp3) is 0.444. The van der Waals surface area contributed by atoms with E-state index in [1.54, 1.807) is 6.08 Å². The van der Waals surface area contributed by atoms with Crippen LogP contribution in [-0.4, -0.2) is 5.78 Å². The highest BCUT2D eigenvalue weighted by molar-refractivity contribution is 5.94. The Balaban J connectivity index is 2.23. The summed E-state index contributed by atoms with van der Waals surface area (Å²) in [5, 5.41) is 0. The van der Waals surface area contributed by atoms with Crippen molar-refractivity contribution in [2.75, 3.05) is 0 Å². The molecule has 1 heteroatoms. The molecular formula is C9H10O. The number of fused-ring (bicyclic) bond motifs is 1. The third-order valence-electron chi connectivity index (χ3n) is 2.35. The average Bonchev–Trinajstić information content (AvgIpc) is 2.34. The third-order valence-corrected chi connectivity index (χ3v) is 2.35. The third kappa shape index (κ3) is 0.737. The summed E-state index contributed by atoms with van der Waals surface area (Å²) >= 11 is 0. The average molecular weight is 134 g/mol. The van der Waals surface area contributed by atoms with Gasteiger partial charge in [-0.15, -0.1) is 0 Å². The van der Waals surface area contributed by atoms with E-state index in [0.29, 0.717) is 17.6 Å². The summed E-state index contributed by atoms with van der Waals surface area (Å²) < 4.78 is 0. The molecule has 0 saturated heterocycles. The van der Waals surface area contributed by atoms with E-state index in [1.807, 2.05) is 0 Å². The molecule has 0 aromatic rings. The second kappa shape index (κ2) is 2.08. The molecule has 0 amide bonds. The molecule has 10 heavy (non-hydrogen) atoms. The van der Waals surface area contributed by atoms with Crippen molar-refractivity contribution in [1.29, 1.82) is 0 Å². The molecule has 2 aliphatic rings.